The molecule has 2 heterocycles. The van der Waals surface area contributed by atoms with E-state index in [1.165, 1.54) is 22.9 Å². The average Bonchev–Trinajstić information content (AvgIpc) is 2.73. The molecule has 0 unspecified atom stereocenters. The van der Waals surface area contributed by atoms with Gasteiger partial charge in [-0.2, -0.15) is 0 Å². The fourth-order valence-corrected chi connectivity index (χ4v) is 2.37. The predicted molar refractivity (Wildman–Crippen MR) is 60.9 cm³/mol. The Hall–Kier alpha value is -1.09. The number of hydrogen-bond acceptors (Lipinski definition) is 3. The Balaban J connectivity index is 2.06. The first-order chi connectivity index (χ1) is 6.77. The third kappa shape index (κ3) is 1.28. The number of thiophene rings is 1. The summed E-state index contributed by atoms with van der Waals surface area (Å²) in [4.78, 5) is 4.40. The molecule has 0 spiro atoms. The number of nitrogens with one attached hydrogen (secondary N) is 1. The van der Waals surface area contributed by atoms with E-state index in [2.05, 4.69) is 34.7 Å². The Morgan fingerprint density at radius 2 is 2.29 bits per heavy atom. The van der Waals surface area contributed by atoms with Gasteiger partial charge in [0.25, 0.3) is 0 Å². The second-order valence-corrected chi connectivity index (χ2v) is 5.13. The first-order valence-corrected chi connectivity index (χ1v) is 5.75. The van der Waals surface area contributed by atoms with Gasteiger partial charge < -0.3 is 5.32 Å². The lowest BCUT2D eigenvalue weighted by Gasteiger charge is -2.12. The summed E-state index contributed by atoms with van der Waals surface area (Å²) in [6.07, 6.45) is 4.40. The summed E-state index contributed by atoms with van der Waals surface area (Å²) in [7, 11) is 0. The maximum Gasteiger partial charge on any atom is 0.135 e. The Morgan fingerprint density at radius 1 is 1.43 bits per heavy atom. The van der Waals surface area contributed by atoms with E-state index < -0.39 is 0 Å². The van der Waals surface area contributed by atoms with E-state index in [0.29, 0.717) is 5.54 Å². The van der Waals surface area contributed by atoms with Crippen molar-refractivity contribution in [2.45, 2.75) is 25.3 Å². The van der Waals surface area contributed by atoms with E-state index in [1.54, 1.807) is 11.3 Å². The van der Waals surface area contributed by atoms with Crippen molar-refractivity contribution in [2.24, 2.45) is 0 Å². The molecule has 1 saturated carbocycles. The smallest absolute Gasteiger partial charge is 0.135 e. The normalized spacial score (nSPS) is 18.4. The number of pyridine rings is 1. The molecule has 0 aliphatic heterocycles. The molecule has 3 heteroatoms. The van der Waals surface area contributed by atoms with E-state index >= 15 is 0 Å². The van der Waals surface area contributed by atoms with Crippen LogP contribution in [-0.2, 0) is 0 Å². The van der Waals surface area contributed by atoms with Crippen LogP contribution >= 0.6 is 11.3 Å². The van der Waals surface area contributed by atoms with Crippen molar-refractivity contribution >= 4 is 27.2 Å². The minimum atomic E-state index is 0.309. The number of rotatable bonds is 2. The fourth-order valence-electron chi connectivity index (χ4n) is 1.59. The van der Waals surface area contributed by atoms with Gasteiger partial charge in [-0.3, -0.25) is 0 Å². The van der Waals surface area contributed by atoms with Crippen molar-refractivity contribution in [1.29, 1.82) is 0 Å². The maximum absolute atomic E-state index is 4.40. The molecule has 0 aromatic carbocycles. The summed E-state index contributed by atoms with van der Waals surface area (Å²) in [5.41, 5.74) is 0.309. The van der Waals surface area contributed by atoms with E-state index in [4.69, 9.17) is 0 Å². The molecule has 1 fully saturated rings. The largest absolute Gasteiger partial charge is 0.364 e. The monoisotopic (exact) mass is 204 g/mol. The topological polar surface area (TPSA) is 24.9 Å². The van der Waals surface area contributed by atoms with Crippen LogP contribution in [0.3, 0.4) is 0 Å². The molecule has 1 aliphatic carbocycles. The van der Waals surface area contributed by atoms with Crippen LogP contribution in [-0.4, -0.2) is 10.5 Å². The van der Waals surface area contributed by atoms with Crippen LogP contribution in [0.2, 0.25) is 0 Å². The molecule has 1 N–H and O–H groups in total. The minimum absolute atomic E-state index is 0.309. The second kappa shape index (κ2) is 2.70. The van der Waals surface area contributed by atoms with E-state index in [-0.39, 0.29) is 0 Å². The number of aromatic nitrogens is 1. The lowest BCUT2D eigenvalue weighted by atomic mass is 10.2. The van der Waals surface area contributed by atoms with Gasteiger partial charge in [-0.05, 0) is 37.3 Å². The molecule has 0 bridgehead atoms. The molecule has 2 nitrogen and oxygen atoms in total. The zero-order valence-electron chi connectivity index (χ0n) is 8.08. The standard InChI is InChI=1S/C11H12N2S/c1-11(4-5-11)13-10-8-3-7-14-9(8)2-6-12-10/h2-3,6-7H,4-5H2,1H3,(H,12,13). The molecule has 14 heavy (non-hydrogen) atoms. The van der Waals surface area contributed by atoms with Crippen molar-refractivity contribution in [1.82, 2.24) is 4.98 Å². The van der Waals surface area contributed by atoms with Crippen LogP contribution in [0.5, 0.6) is 0 Å². The third-order valence-corrected chi connectivity index (χ3v) is 3.68. The van der Waals surface area contributed by atoms with E-state index in [9.17, 15) is 0 Å². The van der Waals surface area contributed by atoms with Crippen molar-refractivity contribution in [2.75, 3.05) is 5.32 Å². The van der Waals surface area contributed by atoms with E-state index in [1.807, 2.05) is 6.20 Å². The highest BCUT2D eigenvalue weighted by Crippen LogP contribution is 2.39. The molecule has 0 saturated heterocycles. The summed E-state index contributed by atoms with van der Waals surface area (Å²) in [5.74, 6) is 1.05. The molecular weight excluding hydrogens is 192 g/mol. The molecule has 72 valence electrons. The molecule has 2 aromatic rings. The van der Waals surface area contributed by atoms with Gasteiger partial charge in [0.15, 0.2) is 0 Å². The average molecular weight is 204 g/mol. The molecule has 0 radical (unpaired) electrons. The van der Waals surface area contributed by atoms with Crippen LogP contribution < -0.4 is 5.32 Å². The third-order valence-electron chi connectivity index (χ3n) is 2.80. The van der Waals surface area contributed by atoms with Crippen molar-refractivity contribution in [3.05, 3.63) is 23.7 Å². The predicted octanol–water partition coefficient (Wildman–Crippen LogP) is 3.26. The van der Waals surface area contributed by atoms with Crippen LogP contribution in [0, 0.1) is 0 Å². The molecule has 0 atom stereocenters. The molecule has 0 amide bonds. The molecule has 3 rings (SSSR count). The lowest BCUT2D eigenvalue weighted by molar-refractivity contribution is 0.823. The van der Waals surface area contributed by atoms with Crippen molar-refractivity contribution < 1.29 is 0 Å². The molecular formula is C11H12N2S. The highest BCUT2D eigenvalue weighted by molar-refractivity contribution is 7.17. The second-order valence-electron chi connectivity index (χ2n) is 4.18. The van der Waals surface area contributed by atoms with Crippen LogP contribution in [0.4, 0.5) is 5.82 Å². The van der Waals surface area contributed by atoms with Gasteiger partial charge in [-0.25, -0.2) is 4.98 Å². The first-order valence-electron chi connectivity index (χ1n) is 4.87. The van der Waals surface area contributed by atoms with Gasteiger partial charge in [-0.15, -0.1) is 11.3 Å². The molecule has 2 aromatic heterocycles. The number of anilines is 1. The van der Waals surface area contributed by atoms with Crippen molar-refractivity contribution in [3.8, 4) is 0 Å². The zero-order chi connectivity index (χ0) is 9.60. The van der Waals surface area contributed by atoms with Crippen LogP contribution in [0.1, 0.15) is 19.8 Å². The first kappa shape index (κ1) is 8.24. The van der Waals surface area contributed by atoms with Crippen LogP contribution in [0.25, 0.3) is 10.1 Å². The summed E-state index contributed by atoms with van der Waals surface area (Å²) in [6.45, 7) is 2.25. The summed E-state index contributed by atoms with van der Waals surface area (Å²) >= 11 is 1.77. The quantitative estimate of drug-likeness (QED) is 0.812. The van der Waals surface area contributed by atoms with Crippen LogP contribution in [0.15, 0.2) is 23.7 Å². The van der Waals surface area contributed by atoms with Gasteiger partial charge in [0.2, 0.25) is 0 Å². The Labute approximate surface area is 87.0 Å². The summed E-state index contributed by atoms with van der Waals surface area (Å²) < 4.78 is 1.31. The Bertz CT molecular complexity index is 471. The summed E-state index contributed by atoms with van der Waals surface area (Å²) in [6, 6.07) is 4.21. The highest BCUT2D eigenvalue weighted by atomic mass is 32.1. The fraction of sp³-hybridized carbons (Fsp3) is 0.364. The number of fused-ring (bicyclic) bond motifs is 1. The number of nitrogens with zero attached hydrogens (tertiary/aromatic N) is 1. The lowest BCUT2D eigenvalue weighted by Crippen LogP contribution is -2.16. The molecule has 1 aliphatic rings. The minimum Gasteiger partial charge on any atom is -0.364 e. The summed E-state index contributed by atoms with van der Waals surface area (Å²) in [5, 5.41) is 6.89. The SMILES string of the molecule is CC1(Nc2nccc3sccc23)CC1. The maximum atomic E-state index is 4.40. The van der Waals surface area contributed by atoms with Gasteiger partial charge in [0.05, 0.1) is 0 Å². The highest BCUT2D eigenvalue weighted by Gasteiger charge is 2.37. The van der Waals surface area contributed by atoms with Gasteiger partial charge in [0.1, 0.15) is 5.82 Å². The van der Waals surface area contributed by atoms with Gasteiger partial charge in [-0.1, -0.05) is 0 Å². The van der Waals surface area contributed by atoms with Crippen molar-refractivity contribution in [3.63, 3.8) is 0 Å². The van der Waals surface area contributed by atoms with E-state index in [0.717, 1.165) is 5.82 Å². The van der Waals surface area contributed by atoms with Gasteiger partial charge in [0, 0.05) is 21.8 Å². The Morgan fingerprint density at radius 3 is 3.07 bits per heavy atom. The van der Waals surface area contributed by atoms with Gasteiger partial charge >= 0.3 is 0 Å². The Kier molecular flexibility index (Phi) is 1.59. The number of hydrogen-bond donors (Lipinski definition) is 1. The zero-order valence-corrected chi connectivity index (χ0v) is 8.90.